The quantitative estimate of drug-likeness (QED) is 0.678. The zero-order valence-corrected chi connectivity index (χ0v) is 8.63. The van der Waals surface area contributed by atoms with Crippen molar-refractivity contribution >= 4 is 5.69 Å². The highest BCUT2D eigenvalue weighted by Gasteiger charge is 2.06. The minimum atomic E-state index is -0.138. The van der Waals surface area contributed by atoms with E-state index in [0.717, 1.165) is 5.69 Å². The van der Waals surface area contributed by atoms with Crippen molar-refractivity contribution in [3.63, 3.8) is 0 Å². The van der Waals surface area contributed by atoms with E-state index in [1.54, 1.807) is 6.92 Å². The molecule has 0 unspecified atom stereocenters. The van der Waals surface area contributed by atoms with Gasteiger partial charge >= 0.3 is 0 Å². The normalized spacial score (nSPS) is 10.6. The Morgan fingerprint density at radius 1 is 1.31 bits per heavy atom. The van der Waals surface area contributed by atoms with Crippen LogP contribution in [0.1, 0.15) is 19.4 Å². The number of hydrogen-bond donors (Lipinski definition) is 0. The van der Waals surface area contributed by atoms with Crippen LogP contribution in [-0.4, -0.2) is 13.1 Å². The Balaban J connectivity index is 2.97. The molecule has 0 saturated heterocycles. The Morgan fingerprint density at radius 2 is 1.92 bits per heavy atom. The number of hydrogen-bond acceptors (Lipinski definition) is 1. The lowest BCUT2D eigenvalue weighted by atomic mass is 10.2. The number of nitrogens with zero attached hydrogens (tertiary/aromatic N) is 1. The number of aryl methyl sites for hydroxylation is 1. The number of anilines is 1. The highest BCUT2D eigenvalue weighted by Crippen LogP contribution is 2.18. The van der Waals surface area contributed by atoms with Crippen molar-refractivity contribution in [1.82, 2.24) is 0 Å². The third kappa shape index (κ3) is 2.20. The SMILES string of the molecule is Cc1cc(N(C)C(C)C)ccc1F. The van der Waals surface area contributed by atoms with Gasteiger partial charge in [0, 0.05) is 18.8 Å². The van der Waals surface area contributed by atoms with E-state index in [1.165, 1.54) is 6.07 Å². The molecule has 0 aliphatic carbocycles. The average molecular weight is 181 g/mol. The van der Waals surface area contributed by atoms with Crippen LogP contribution in [-0.2, 0) is 0 Å². The molecular weight excluding hydrogens is 165 g/mol. The van der Waals surface area contributed by atoms with Gasteiger partial charge in [0.25, 0.3) is 0 Å². The van der Waals surface area contributed by atoms with Gasteiger partial charge in [0.15, 0.2) is 0 Å². The van der Waals surface area contributed by atoms with Crippen LogP contribution in [0.25, 0.3) is 0 Å². The third-order valence-corrected chi connectivity index (χ3v) is 2.32. The van der Waals surface area contributed by atoms with Crippen molar-refractivity contribution in [2.45, 2.75) is 26.8 Å². The Kier molecular flexibility index (Phi) is 2.91. The molecule has 72 valence electrons. The van der Waals surface area contributed by atoms with E-state index in [-0.39, 0.29) is 5.82 Å². The first-order valence-corrected chi connectivity index (χ1v) is 4.51. The van der Waals surface area contributed by atoms with Crippen LogP contribution < -0.4 is 4.90 Å². The van der Waals surface area contributed by atoms with Gasteiger partial charge in [-0.25, -0.2) is 4.39 Å². The molecule has 0 N–H and O–H groups in total. The van der Waals surface area contributed by atoms with Gasteiger partial charge in [0.2, 0.25) is 0 Å². The van der Waals surface area contributed by atoms with Crippen molar-refractivity contribution < 1.29 is 4.39 Å². The Labute approximate surface area is 79.2 Å². The molecule has 1 aromatic rings. The first-order valence-electron chi connectivity index (χ1n) is 4.51. The monoisotopic (exact) mass is 181 g/mol. The van der Waals surface area contributed by atoms with Gasteiger partial charge in [-0.1, -0.05) is 0 Å². The summed E-state index contributed by atoms with van der Waals surface area (Å²) in [7, 11) is 2.01. The summed E-state index contributed by atoms with van der Waals surface area (Å²) in [4.78, 5) is 2.12. The van der Waals surface area contributed by atoms with Crippen LogP contribution in [0, 0.1) is 12.7 Å². The molecule has 0 fully saturated rings. The molecule has 13 heavy (non-hydrogen) atoms. The lowest BCUT2D eigenvalue weighted by Crippen LogP contribution is -2.25. The summed E-state index contributed by atoms with van der Waals surface area (Å²) >= 11 is 0. The molecule has 0 radical (unpaired) electrons. The largest absolute Gasteiger partial charge is 0.372 e. The predicted octanol–water partition coefficient (Wildman–Crippen LogP) is 2.98. The van der Waals surface area contributed by atoms with Crippen molar-refractivity contribution in [1.29, 1.82) is 0 Å². The maximum absolute atomic E-state index is 12.9. The van der Waals surface area contributed by atoms with Crippen molar-refractivity contribution in [2.75, 3.05) is 11.9 Å². The van der Waals surface area contributed by atoms with Gasteiger partial charge in [0.05, 0.1) is 0 Å². The van der Waals surface area contributed by atoms with E-state index in [0.29, 0.717) is 11.6 Å². The highest BCUT2D eigenvalue weighted by atomic mass is 19.1. The Hall–Kier alpha value is -1.05. The molecule has 1 rings (SSSR count). The van der Waals surface area contributed by atoms with Gasteiger partial charge < -0.3 is 4.90 Å². The second kappa shape index (κ2) is 3.77. The first kappa shape index (κ1) is 10.0. The summed E-state index contributed by atoms with van der Waals surface area (Å²) in [6, 6.07) is 5.63. The summed E-state index contributed by atoms with van der Waals surface area (Å²) < 4.78 is 12.9. The molecule has 0 bridgehead atoms. The smallest absolute Gasteiger partial charge is 0.126 e. The summed E-state index contributed by atoms with van der Waals surface area (Å²) in [5.74, 6) is -0.138. The van der Waals surface area contributed by atoms with Gasteiger partial charge in [-0.05, 0) is 44.5 Å². The lowest BCUT2D eigenvalue weighted by Gasteiger charge is -2.24. The molecule has 0 amide bonds. The number of rotatable bonds is 2. The van der Waals surface area contributed by atoms with E-state index in [1.807, 2.05) is 19.2 Å². The van der Waals surface area contributed by atoms with E-state index in [4.69, 9.17) is 0 Å². The topological polar surface area (TPSA) is 3.24 Å². The first-order chi connectivity index (χ1) is 6.02. The second-order valence-electron chi connectivity index (χ2n) is 3.64. The van der Waals surface area contributed by atoms with Crippen molar-refractivity contribution in [2.24, 2.45) is 0 Å². The second-order valence-corrected chi connectivity index (χ2v) is 3.64. The highest BCUT2D eigenvalue weighted by molar-refractivity contribution is 5.48. The Morgan fingerprint density at radius 3 is 2.38 bits per heavy atom. The zero-order chi connectivity index (χ0) is 10.0. The van der Waals surface area contributed by atoms with Crippen molar-refractivity contribution in [3.8, 4) is 0 Å². The standard InChI is InChI=1S/C11H16FN/c1-8(2)13(4)10-5-6-11(12)9(3)7-10/h5-8H,1-4H3. The number of benzene rings is 1. The van der Waals surface area contributed by atoms with E-state index < -0.39 is 0 Å². The molecule has 0 aliphatic rings. The maximum Gasteiger partial charge on any atom is 0.126 e. The van der Waals surface area contributed by atoms with Crippen LogP contribution in [0.15, 0.2) is 18.2 Å². The molecule has 0 heterocycles. The molecule has 0 aliphatic heterocycles. The fraction of sp³-hybridized carbons (Fsp3) is 0.455. The molecule has 1 nitrogen and oxygen atoms in total. The summed E-state index contributed by atoms with van der Waals surface area (Å²) in [5, 5.41) is 0. The van der Waals surface area contributed by atoms with Crippen molar-refractivity contribution in [3.05, 3.63) is 29.6 Å². The van der Waals surface area contributed by atoms with E-state index >= 15 is 0 Å². The summed E-state index contributed by atoms with van der Waals surface area (Å²) in [6.07, 6.45) is 0. The van der Waals surface area contributed by atoms with Crippen LogP contribution in [0.5, 0.6) is 0 Å². The Bertz CT molecular complexity index is 294. The van der Waals surface area contributed by atoms with Gasteiger partial charge in [-0.15, -0.1) is 0 Å². The molecule has 0 spiro atoms. The fourth-order valence-electron chi connectivity index (χ4n) is 1.15. The lowest BCUT2D eigenvalue weighted by molar-refractivity contribution is 0.617. The van der Waals surface area contributed by atoms with E-state index in [2.05, 4.69) is 18.7 Å². The molecule has 0 atom stereocenters. The molecule has 2 heteroatoms. The molecular formula is C11H16FN. The van der Waals surface area contributed by atoms with Gasteiger partial charge in [-0.3, -0.25) is 0 Å². The number of halogens is 1. The van der Waals surface area contributed by atoms with Gasteiger partial charge in [-0.2, -0.15) is 0 Å². The minimum absolute atomic E-state index is 0.138. The molecule has 0 aromatic heterocycles. The zero-order valence-electron chi connectivity index (χ0n) is 8.63. The molecule has 1 aromatic carbocycles. The molecule has 0 saturated carbocycles. The summed E-state index contributed by atoms with van der Waals surface area (Å²) in [6.45, 7) is 6.00. The average Bonchev–Trinajstić information content (AvgIpc) is 2.08. The summed E-state index contributed by atoms with van der Waals surface area (Å²) in [5.41, 5.74) is 1.76. The van der Waals surface area contributed by atoms with Crippen LogP contribution in [0.3, 0.4) is 0 Å². The van der Waals surface area contributed by atoms with Crippen LogP contribution in [0.4, 0.5) is 10.1 Å². The third-order valence-electron chi connectivity index (χ3n) is 2.32. The minimum Gasteiger partial charge on any atom is -0.372 e. The van der Waals surface area contributed by atoms with Crippen LogP contribution in [0.2, 0.25) is 0 Å². The predicted molar refractivity (Wildman–Crippen MR) is 54.7 cm³/mol. The van der Waals surface area contributed by atoms with Crippen LogP contribution >= 0.6 is 0 Å². The van der Waals surface area contributed by atoms with Gasteiger partial charge in [0.1, 0.15) is 5.82 Å². The maximum atomic E-state index is 12.9. The van der Waals surface area contributed by atoms with E-state index in [9.17, 15) is 4.39 Å². The fourth-order valence-corrected chi connectivity index (χ4v) is 1.15.